The highest BCUT2D eigenvalue weighted by Crippen LogP contribution is 2.39. The van der Waals surface area contributed by atoms with E-state index in [0.29, 0.717) is 13.2 Å². The van der Waals surface area contributed by atoms with Crippen molar-refractivity contribution in [2.75, 3.05) is 20.3 Å². The van der Waals surface area contributed by atoms with Gasteiger partial charge in [-0.15, -0.1) is 0 Å². The summed E-state index contributed by atoms with van der Waals surface area (Å²) in [6, 6.07) is 8.48. The molecule has 1 aliphatic heterocycles. The van der Waals surface area contributed by atoms with Crippen LogP contribution in [-0.2, 0) is 15.6 Å². The van der Waals surface area contributed by atoms with Crippen molar-refractivity contribution in [3.05, 3.63) is 29.3 Å². The first-order valence-corrected chi connectivity index (χ1v) is 6.11. The van der Waals surface area contributed by atoms with Gasteiger partial charge in [0, 0.05) is 5.56 Å². The highest BCUT2D eigenvalue weighted by molar-refractivity contribution is 5.49. The maximum atomic E-state index is 9.42. The van der Waals surface area contributed by atoms with Crippen molar-refractivity contribution < 1.29 is 9.47 Å². The van der Waals surface area contributed by atoms with E-state index in [9.17, 15) is 5.26 Å². The van der Waals surface area contributed by atoms with Gasteiger partial charge in [0.15, 0.2) is 0 Å². The molecular weight excluding hydrogens is 226 g/mol. The van der Waals surface area contributed by atoms with Gasteiger partial charge in [0.1, 0.15) is 11.2 Å². The van der Waals surface area contributed by atoms with E-state index in [1.807, 2.05) is 6.07 Å². The van der Waals surface area contributed by atoms with Crippen LogP contribution in [0.25, 0.3) is 0 Å². The Bertz CT molecular complexity index is 490. The maximum absolute atomic E-state index is 9.42. The molecule has 0 bridgehead atoms. The van der Waals surface area contributed by atoms with Gasteiger partial charge in [-0.3, -0.25) is 0 Å². The van der Waals surface area contributed by atoms with Crippen LogP contribution < -0.4 is 4.74 Å². The van der Waals surface area contributed by atoms with Gasteiger partial charge in [-0.2, -0.15) is 5.26 Å². The number of methoxy groups -OCH3 is 1. The molecule has 1 aromatic rings. The predicted molar refractivity (Wildman–Crippen MR) is 69.8 cm³/mol. The van der Waals surface area contributed by atoms with Gasteiger partial charge >= 0.3 is 0 Å². The van der Waals surface area contributed by atoms with Crippen LogP contribution in [0.5, 0.6) is 5.75 Å². The lowest BCUT2D eigenvalue weighted by Gasteiger charge is -2.37. The lowest BCUT2D eigenvalue weighted by Crippen LogP contribution is -2.45. The van der Waals surface area contributed by atoms with Gasteiger partial charge in [-0.05, 0) is 23.1 Å². The number of hydrogen-bond acceptors (Lipinski definition) is 3. The molecular formula is C15H19NO2. The van der Waals surface area contributed by atoms with Gasteiger partial charge in [-0.25, -0.2) is 0 Å². The summed E-state index contributed by atoms with van der Waals surface area (Å²) in [5.41, 5.74) is 1.68. The SMILES string of the molecule is COc1ccc(C(C)(C)C)cc1C1(C#N)COC1. The van der Waals surface area contributed by atoms with Crippen molar-refractivity contribution in [1.29, 1.82) is 5.26 Å². The molecule has 96 valence electrons. The van der Waals surface area contributed by atoms with Crippen molar-refractivity contribution in [2.24, 2.45) is 0 Å². The Morgan fingerprint density at radius 3 is 2.39 bits per heavy atom. The molecule has 0 amide bonds. The normalized spacial score (nSPS) is 17.7. The molecule has 0 spiro atoms. The van der Waals surface area contributed by atoms with E-state index in [-0.39, 0.29) is 5.41 Å². The molecule has 3 heteroatoms. The zero-order valence-electron chi connectivity index (χ0n) is 11.4. The molecule has 1 aromatic carbocycles. The summed E-state index contributed by atoms with van der Waals surface area (Å²) < 4.78 is 10.6. The fourth-order valence-corrected chi connectivity index (χ4v) is 2.13. The zero-order valence-corrected chi connectivity index (χ0v) is 11.4. The molecule has 1 aliphatic rings. The van der Waals surface area contributed by atoms with Crippen LogP contribution in [0.2, 0.25) is 0 Å². The monoisotopic (exact) mass is 245 g/mol. The van der Waals surface area contributed by atoms with Crippen LogP contribution >= 0.6 is 0 Å². The van der Waals surface area contributed by atoms with Crippen molar-refractivity contribution in [2.45, 2.75) is 31.6 Å². The van der Waals surface area contributed by atoms with Crippen molar-refractivity contribution in [1.82, 2.24) is 0 Å². The Morgan fingerprint density at radius 2 is 2.00 bits per heavy atom. The summed E-state index contributed by atoms with van der Waals surface area (Å²) in [6.45, 7) is 7.39. The average Bonchev–Trinajstić information content (AvgIpc) is 2.27. The quantitative estimate of drug-likeness (QED) is 0.804. The summed E-state index contributed by atoms with van der Waals surface area (Å²) in [4.78, 5) is 0. The molecule has 1 fully saturated rings. The van der Waals surface area contributed by atoms with E-state index in [1.165, 1.54) is 5.56 Å². The number of nitriles is 1. The molecule has 0 atom stereocenters. The third-order valence-electron chi connectivity index (χ3n) is 3.49. The minimum atomic E-state index is -0.535. The van der Waals surface area contributed by atoms with Crippen LogP contribution in [-0.4, -0.2) is 20.3 Å². The van der Waals surface area contributed by atoms with Crippen molar-refractivity contribution >= 4 is 0 Å². The number of nitrogens with zero attached hydrogens (tertiary/aromatic N) is 1. The summed E-state index contributed by atoms with van der Waals surface area (Å²) in [5, 5.41) is 9.42. The zero-order chi connectivity index (χ0) is 13.4. The average molecular weight is 245 g/mol. The van der Waals surface area contributed by atoms with E-state index in [4.69, 9.17) is 9.47 Å². The molecule has 0 N–H and O–H groups in total. The highest BCUT2D eigenvalue weighted by atomic mass is 16.5. The lowest BCUT2D eigenvalue weighted by molar-refractivity contribution is -0.0307. The van der Waals surface area contributed by atoms with Crippen LogP contribution in [0.1, 0.15) is 31.9 Å². The summed E-state index contributed by atoms with van der Waals surface area (Å²) >= 11 is 0. The number of hydrogen-bond donors (Lipinski definition) is 0. The molecule has 2 rings (SSSR count). The predicted octanol–water partition coefficient (Wildman–Crippen LogP) is 2.78. The fourth-order valence-electron chi connectivity index (χ4n) is 2.13. The van der Waals surface area contributed by atoms with Crippen LogP contribution in [0.15, 0.2) is 18.2 Å². The van der Waals surface area contributed by atoms with E-state index in [0.717, 1.165) is 11.3 Å². The molecule has 0 unspecified atom stereocenters. The standard InChI is InChI=1S/C15H19NO2/c1-14(2,3)11-5-6-13(17-4)12(7-11)15(8-16)9-18-10-15/h5-7H,9-10H2,1-4H3. The molecule has 3 nitrogen and oxygen atoms in total. The Hall–Kier alpha value is -1.53. The second-order valence-corrected chi connectivity index (χ2v) is 5.85. The summed E-state index contributed by atoms with van der Waals surface area (Å²) in [7, 11) is 1.64. The van der Waals surface area contributed by atoms with E-state index >= 15 is 0 Å². The number of rotatable bonds is 2. The van der Waals surface area contributed by atoms with Crippen LogP contribution in [0.3, 0.4) is 0 Å². The first-order chi connectivity index (χ1) is 8.43. The Balaban J connectivity index is 2.54. The van der Waals surface area contributed by atoms with Gasteiger partial charge < -0.3 is 9.47 Å². The third kappa shape index (κ3) is 1.97. The number of benzene rings is 1. The summed E-state index contributed by atoms with van der Waals surface area (Å²) in [5.74, 6) is 0.771. The molecule has 0 radical (unpaired) electrons. The minimum Gasteiger partial charge on any atom is -0.496 e. The Labute approximate surface area is 108 Å². The smallest absolute Gasteiger partial charge is 0.132 e. The summed E-state index contributed by atoms with van der Waals surface area (Å²) in [6.07, 6.45) is 0. The van der Waals surface area contributed by atoms with E-state index in [1.54, 1.807) is 7.11 Å². The van der Waals surface area contributed by atoms with E-state index in [2.05, 4.69) is 39.0 Å². The second kappa shape index (κ2) is 4.29. The largest absolute Gasteiger partial charge is 0.496 e. The van der Waals surface area contributed by atoms with Crippen LogP contribution in [0.4, 0.5) is 0 Å². The fraction of sp³-hybridized carbons (Fsp3) is 0.533. The third-order valence-corrected chi connectivity index (χ3v) is 3.49. The molecule has 0 aromatic heterocycles. The van der Waals surface area contributed by atoms with Gasteiger partial charge in [0.2, 0.25) is 0 Å². The molecule has 18 heavy (non-hydrogen) atoms. The maximum Gasteiger partial charge on any atom is 0.132 e. The highest BCUT2D eigenvalue weighted by Gasteiger charge is 2.43. The van der Waals surface area contributed by atoms with Gasteiger partial charge in [0.05, 0.1) is 26.4 Å². The van der Waals surface area contributed by atoms with E-state index < -0.39 is 5.41 Å². The first-order valence-electron chi connectivity index (χ1n) is 6.11. The lowest BCUT2D eigenvalue weighted by atomic mass is 9.76. The Kier molecular flexibility index (Phi) is 3.08. The van der Waals surface area contributed by atoms with Crippen molar-refractivity contribution in [3.63, 3.8) is 0 Å². The molecule has 0 saturated carbocycles. The topological polar surface area (TPSA) is 42.2 Å². The minimum absolute atomic E-state index is 0.0578. The van der Waals surface area contributed by atoms with Crippen LogP contribution in [0, 0.1) is 11.3 Å². The first kappa shape index (κ1) is 12.9. The molecule has 1 heterocycles. The molecule has 1 saturated heterocycles. The second-order valence-electron chi connectivity index (χ2n) is 5.85. The number of ether oxygens (including phenoxy) is 2. The van der Waals surface area contributed by atoms with Gasteiger partial charge in [-0.1, -0.05) is 26.8 Å². The Morgan fingerprint density at radius 1 is 1.33 bits per heavy atom. The molecule has 0 aliphatic carbocycles. The van der Waals surface area contributed by atoms with Gasteiger partial charge in [0.25, 0.3) is 0 Å². The van der Waals surface area contributed by atoms with Crippen molar-refractivity contribution in [3.8, 4) is 11.8 Å².